The molecule has 4 heteroatoms. The Hall–Kier alpha value is -0.900. The summed E-state index contributed by atoms with van der Waals surface area (Å²) in [6, 6.07) is 3.88. The van der Waals surface area contributed by atoms with Crippen molar-refractivity contribution in [3.8, 4) is 0 Å². The number of pyridine rings is 1. The van der Waals surface area contributed by atoms with Gasteiger partial charge in [0.1, 0.15) is 4.60 Å². The molecule has 1 amide bonds. The molecule has 18 heavy (non-hydrogen) atoms. The van der Waals surface area contributed by atoms with Gasteiger partial charge in [-0.3, -0.25) is 4.79 Å². The molecule has 1 aromatic rings. The molecule has 0 bridgehead atoms. The quantitative estimate of drug-likeness (QED) is 0.869. The minimum atomic E-state index is -0.0245. The van der Waals surface area contributed by atoms with Gasteiger partial charge in [-0.2, -0.15) is 0 Å². The molecular formula is C14H19BrN2O. The molecule has 1 aliphatic rings. The standard InChI is InChI=1S/C14H19BrN2O/c1-3-10-6-7-12(9(10)2)17-14(18)11-5-4-8-16-13(11)15/h4-5,8-10,12H,3,6-7H2,1-2H3,(H,17,18). The minimum absolute atomic E-state index is 0.0245. The van der Waals surface area contributed by atoms with E-state index in [-0.39, 0.29) is 5.91 Å². The lowest BCUT2D eigenvalue weighted by Gasteiger charge is -2.21. The second-order valence-electron chi connectivity index (χ2n) is 5.03. The van der Waals surface area contributed by atoms with Crippen LogP contribution in [0.15, 0.2) is 22.9 Å². The SMILES string of the molecule is CCC1CCC(NC(=O)c2cccnc2Br)C1C. The summed E-state index contributed by atoms with van der Waals surface area (Å²) in [5, 5.41) is 3.14. The van der Waals surface area contributed by atoms with E-state index in [0.29, 0.717) is 22.1 Å². The molecule has 3 atom stereocenters. The van der Waals surface area contributed by atoms with E-state index in [4.69, 9.17) is 0 Å². The van der Waals surface area contributed by atoms with Crippen molar-refractivity contribution in [3.63, 3.8) is 0 Å². The van der Waals surface area contributed by atoms with E-state index in [0.717, 1.165) is 12.3 Å². The van der Waals surface area contributed by atoms with Gasteiger partial charge in [-0.15, -0.1) is 0 Å². The lowest BCUT2D eigenvalue weighted by atomic mass is 9.93. The number of aromatic nitrogens is 1. The molecule has 1 aliphatic carbocycles. The van der Waals surface area contributed by atoms with Gasteiger partial charge in [-0.25, -0.2) is 4.98 Å². The van der Waals surface area contributed by atoms with Crippen molar-refractivity contribution in [1.29, 1.82) is 0 Å². The highest BCUT2D eigenvalue weighted by atomic mass is 79.9. The van der Waals surface area contributed by atoms with Crippen LogP contribution in [0.4, 0.5) is 0 Å². The molecule has 1 fully saturated rings. The zero-order valence-electron chi connectivity index (χ0n) is 10.8. The molecule has 1 aromatic heterocycles. The fraction of sp³-hybridized carbons (Fsp3) is 0.571. The van der Waals surface area contributed by atoms with Crippen molar-refractivity contribution in [2.24, 2.45) is 11.8 Å². The number of amides is 1. The van der Waals surface area contributed by atoms with Crippen LogP contribution in [0, 0.1) is 11.8 Å². The van der Waals surface area contributed by atoms with Crippen LogP contribution in [-0.2, 0) is 0 Å². The molecule has 1 heterocycles. The number of rotatable bonds is 3. The molecule has 98 valence electrons. The van der Waals surface area contributed by atoms with Crippen LogP contribution in [0.1, 0.15) is 43.5 Å². The van der Waals surface area contributed by atoms with Gasteiger partial charge in [0, 0.05) is 12.2 Å². The van der Waals surface area contributed by atoms with E-state index >= 15 is 0 Å². The fourth-order valence-electron chi connectivity index (χ4n) is 2.83. The minimum Gasteiger partial charge on any atom is -0.349 e. The number of nitrogens with one attached hydrogen (secondary N) is 1. The molecule has 0 spiro atoms. The predicted octanol–water partition coefficient (Wildman–Crippen LogP) is 3.40. The summed E-state index contributed by atoms with van der Waals surface area (Å²) < 4.78 is 0.611. The van der Waals surface area contributed by atoms with Gasteiger partial charge >= 0.3 is 0 Å². The van der Waals surface area contributed by atoms with E-state index in [1.54, 1.807) is 18.3 Å². The Labute approximate surface area is 117 Å². The molecule has 0 aromatic carbocycles. The lowest BCUT2D eigenvalue weighted by molar-refractivity contribution is 0.0925. The lowest BCUT2D eigenvalue weighted by Crippen LogP contribution is -2.37. The average molecular weight is 311 g/mol. The fourth-order valence-corrected chi connectivity index (χ4v) is 3.26. The first kappa shape index (κ1) is 13.5. The van der Waals surface area contributed by atoms with Gasteiger partial charge in [0.25, 0.3) is 5.91 Å². The van der Waals surface area contributed by atoms with Gasteiger partial charge in [-0.05, 0) is 52.7 Å². The Kier molecular flexibility index (Phi) is 4.38. The first-order valence-corrected chi connectivity index (χ1v) is 7.34. The van der Waals surface area contributed by atoms with Crippen molar-refractivity contribution in [3.05, 3.63) is 28.5 Å². The molecule has 3 nitrogen and oxygen atoms in total. The highest BCUT2D eigenvalue weighted by Crippen LogP contribution is 2.34. The first-order valence-electron chi connectivity index (χ1n) is 6.54. The van der Waals surface area contributed by atoms with Crippen molar-refractivity contribution >= 4 is 21.8 Å². The summed E-state index contributed by atoms with van der Waals surface area (Å²) in [7, 11) is 0. The summed E-state index contributed by atoms with van der Waals surface area (Å²) >= 11 is 3.31. The smallest absolute Gasteiger partial charge is 0.254 e. The van der Waals surface area contributed by atoms with Crippen LogP contribution in [0.5, 0.6) is 0 Å². The maximum absolute atomic E-state index is 12.2. The number of hydrogen-bond acceptors (Lipinski definition) is 2. The van der Waals surface area contributed by atoms with E-state index in [2.05, 4.69) is 40.1 Å². The van der Waals surface area contributed by atoms with Crippen LogP contribution < -0.4 is 5.32 Å². The van der Waals surface area contributed by atoms with Crippen molar-refractivity contribution in [2.75, 3.05) is 0 Å². The van der Waals surface area contributed by atoms with Gasteiger partial charge in [-0.1, -0.05) is 20.3 Å². The number of halogens is 1. The first-order chi connectivity index (χ1) is 8.63. The Morgan fingerprint density at radius 3 is 2.94 bits per heavy atom. The zero-order chi connectivity index (χ0) is 13.1. The molecule has 0 aliphatic heterocycles. The third kappa shape index (κ3) is 2.74. The van der Waals surface area contributed by atoms with Gasteiger partial charge in [0.15, 0.2) is 0 Å². The van der Waals surface area contributed by atoms with Crippen LogP contribution in [-0.4, -0.2) is 16.9 Å². The Morgan fingerprint density at radius 2 is 2.33 bits per heavy atom. The summed E-state index contributed by atoms with van der Waals surface area (Å²) in [6.07, 6.45) is 5.18. The van der Waals surface area contributed by atoms with Gasteiger partial charge < -0.3 is 5.32 Å². The van der Waals surface area contributed by atoms with Crippen molar-refractivity contribution < 1.29 is 4.79 Å². The Morgan fingerprint density at radius 1 is 1.56 bits per heavy atom. The monoisotopic (exact) mass is 310 g/mol. The van der Waals surface area contributed by atoms with Crippen LogP contribution in [0.3, 0.4) is 0 Å². The van der Waals surface area contributed by atoms with Crippen LogP contribution in [0.25, 0.3) is 0 Å². The van der Waals surface area contributed by atoms with Crippen LogP contribution >= 0.6 is 15.9 Å². The van der Waals surface area contributed by atoms with E-state index in [9.17, 15) is 4.79 Å². The molecule has 1 saturated carbocycles. The summed E-state index contributed by atoms with van der Waals surface area (Å²) in [5.74, 6) is 1.28. The largest absolute Gasteiger partial charge is 0.349 e. The Balaban J connectivity index is 2.03. The predicted molar refractivity (Wildman–Crippen MR) is 75.4 cm³/mol. The number of hydrogen-bond donors (Lipinski definition) is 1. The maximum Gasteiger partial charge on any atom is 0.254 e. The number of carbonyl (C=O) groups excluding carboxylic acids is 1. The van der Waals surface area contributed by atoms with E-state index in [1.165, 1.54) is 12.8 Å². The number of nitrogens with zero attached hydrogens (tertiary/aromatic N) is 1. The third-order valence-electron chi connectivity index (χ3n) is 4.07. The summed E-state index contributed by atoms with van der Waals surface area (Å²) in [4.78, 5) is 16.3. The van der Waals surface area contributed by atoms with Crippen molar-refractivity contribution in [2.45, 2.75) is 39.2 Å². The highest BCUT2D eigenvalue weighted by molar-refractivity contribution is 9.10. The molecule has 0 saturated heterocycles. The normalized spacial score (nSPS) is 27.2. The summed E-state index contributed by atoms with van der Waals surface area (Å²) in [6.45, 7) is 4.47. The van der Waals surface area contributed by atoms with Gasteiger partial charge in [0.2, 0.25) is 0 Å². The van der Waals surface area contributed by atoms with E-state index in [1.807, 2.05) is 0 Å². The third-order valence-corrected chi connectivity index (χ3v) is 4.70. The molecule has 1 N–H and O–H groups in total. The van der Waals surface area contributed by atoms with E-state index < -0.39 is 0 Å². The molecular weight excluding hydrogens is 292 g/mol. The second kappa shape index (κ2) is 5.83. The second-order valence-corrected chi connectivity index (χ2v) is 5.78. The highest BCUT2D eigenvalue weighted by Gasteiger charge is 2.32. The molecule has 2 rings (SSSR count). The van der Waals surface area contributed by atoms with Gasteiger partial charge in [0.05, 0.1) is 5.56 Å². The molecule has 3 unspecified atom stereocenters. The molecule has 0 radical (unpaired) electrons. The summed E-state index contributed by atoms with van der Waals surface area (Å²) in [5.41, 5.74) is 0.615. The zero-order valence-corrected chi connectivity index (χ0v) is 12.4. The maximum atomic E-state index is 12.2. The number of carbonyl (C=O) groups is 1. The van der Waals surface area contributed by atoms with Crippen LogP contribution in [0.2, 0.25) is 0 Å². The topological polar surface area (TPSA) is 42.0 Å². The average Bonchev–Trinajstić information content (AvgIpc) is 2.71. The Bertz CT molecular complexity index is 436. The van der Waals surface area contributed by atoms with Crippen molar-refractivity contribution in [1.82, 2.24) is 10.3 Å².